The van der Waals surface area contributed by atoms with Crippen molar-refractivity contribution in [2.75, 3.05) is 23.7 Å². The van der Waals surface area contributed by atoms with Crippen molar-refractivity contribution in [1.29, 1.82) is 0 Å². The summed E-state index contributed by atoms with van der Waals surface area (Å²) < 4.78 is 44.3. The monoisotopic (exact) mass is 367 g/mol. The van der Waals surface area contributed by atoms with Crippen molar-refractivity contribution < 1.29 is 22.7 Å². The van der Waals surface area contributed by atoms with E-state index in [1.54, 1.807) is 30.3 Å². The summed E-state index contributed by atoms with van der Waals surface area (Å²) in [6.45, 7) is 3.28. The maximum atomic E-state index is 13.1. The summed E-state index contributed by atoms with van der Waals surface area (Å²) in [5, 5.41) is 9.26. The van der Waals surface area contributed by atoms with Gasteiger partial charge in [0.25, 0.3) is 0 Å². The van der Waals surface area contributed by atoms with Crippen LogP contribution in [-0.2, 0) is 10.0 Å². The van der Waals surface area contributed by atoms with E-state index < -0.39 is 10.0 Å². The molecule has 0 bridgehead atoms. The fourth-order valence-corrected chi connectivity index (χ4v) is 3.36. The average Bonchev–Trinajstić information content (AvgIpc) is 2.52. The fourth-order valence-electron chi connectivity index (χ4n) is 2.44. The molecule has 0 heterocycles. The summed E-state index contributed by atoms with van der Waals surface area (Å²) in [5.41, 5.74) is 1.81. The number of halogens is 1. The van der Waals surface area contributed by atoms with Crippen LogP contribution in [0.4, 0.5) is 10.1 Å². The zero-order valence-electron chi connectivity index (χ0n) is 14.4. The number of aliphatic hydroxyl groups is 1. The number of rotatable bonds is 7. The second-order valence-electron chi connectivity index (χ2n) is 5.91. The molecule has 5 nitrogen and oxygen atoms in total. The standard InChI is InChI=1S/C18H22FNO4S/c1-13(2)24-18-9-6-15(14-4-7-16(19)8-5-14)12-17(18)20(10-11-21)25(3,22)23/h4-9,12-13,21H,10-11H2,1-3H3. The van der Waals surface area contributed by atoms with E-state index in [1.807, 2.05) is 13.8 Å². The van der Waals surface area contributed by atoms with E-state index >= 15 is 0 Å². The van der Waals surface area contributed by atoms with Gasteiger partial charge in [0.05, 0.1) is 31.2 Å². The van der Waals surface area contributed by atoms with Crippen molar-refractivity contribution in [2.45, 2.75) is 20.0 Å². The summed E-state index contributed by atoms with van der Waals surface area (Å²) in [6, 6.07) is 11.1. The van der Waals surface area contributed by atoms with Crippen molar-refractivity contribution in [3.8, 4) is 16.9 Å². The van der Waals surface area contributed by atoms with Crippen LogP contribution in [-0.4, -0.2) is 39.0 Å². The molecule has 136 valence electrons. The average molecular weight is 367 g/mol. The third kappa shape index (κ3) is 4.93. The lowest BCUT2D eigenvalue weighted by atomic mass is 10.0. The van der Waals surface area contributed by atoms with Crippen molar-refractivity contribution in [1.82, 2.24) is 0 Å². The summed E-state index contributed by atoms with van der Waals surface area (Å²) in [7, 11) is -3.61. The van der Waals surface area contributed by atoms with E-state index in [-0.39, 0.29) is 25.1 Å². The van der Waals surface area contributed by atoms with Gasteiger partial charge in [-0.1, -0.05) is 18.2 Å². The van der Waals surface area contributed by atoms with Crippen LogP contribution < -0.4 is 9.04 Å². The second-order valence-corrected chi connectivity index (χ2v) is 7.82. The topological polar surface area (TPSA) is 66.8 Å². The Morgan fingerprint density at radius 2 is 1.72 bits per heavy atom. The lowest BCUT2D eigenvalue weighted by molar-refractivity contribution is 0.243. The van der Waals surface area contributed by atoms with E-state index in [0.717, 1.165) is 21.7 Å². The summed E-state index contributed by atoms with van der Waals surface area (Å²) in [5.74, 6) is 0.0570. The minimum atomic E-state index is -3.61. The van der Waals surface area contributed by atoms with Crippen LogP contribution in [0.1, 0.15) is 13.8 Å². The molecule has 0 aliphatic rings. The smallest absolute Gasteiger partial charge is 0.232 e. The number of nitrogens with zero attached hydrogens (tertiary/aromatic N) is 1. The predicted octanol–water partition coefficient (Wildman–Crippen LogP) is 3.04. The largest absolute Gasteiger partial charge is 0.489 e. The summed E-state index contributed by atoms with van der Waals surface area (Å²) >= 11 is 0. The first-order valence-corrected chi connectivity index (χ1v) is 9.72. The number of anilines is 1. The molecule has 0 aromatic heterocycles. The molecule has 1 N–H and O–H groups in total. The van der Waals surface area contributed by atoms with Gasteiger partial charge in [0.15, 0.2) is 0 Å². The van der Waals surface area contributed by atoms with Gasteiger partial charge in [-0.25, -0.2) is 12.8 Å². The lowest BCUT2D eigenvalue weighted by Gasteiger charge is -2.25. The highest BCUT2D eigenvalue weighted by Gasteiger charge is 2.22. The zero-order valence-corrected chi connectivity index (χ0v) is 15.3. The van der Waals surface area contributed by atoms with Crippen LogP contribution in [0.15, 0.2) is 42.5 Å². The maximum absolute atomic E-state index is 13.1. The molecular formula is C18H22FNO4S. The number of hydrogen-bond acceptors (Lipinski definition) is 4. The normalized spacial score (nSPS) is 11.6. The second kappa shape index (κ2) is 7.84. The van der Waals surface area contributed by atoms with Crippen LogP contribution in [0.25, 0.3) is 11.1 Å². The van der Waals surface area contributed by atoms with Crippen LogP contribution in [0, 0.1) is 5.82 Å². The Morgan fingerprint density at radius 3 is 2.24 bits per heavy atom. The molecule has 2 rings (SSSR count). The Bertz CT molecular complexity index is 819. The molecule has 0 radical (unpaired) electrons. The van der Waals surface area contributed by atoms with E-state index in [0.29, 0.717) is 11.4 Å². The van der Waals surface area contributed by atoms with E-state index in [9.17, 15) is 17.9 Å². The Morgan fingerprint density at radius 1 is 1.12 bits per heavy atom. The molecule has 0 atom stereocenters. The highest BCUT2D eigenvalue weighted by atomic mass is 32.2. The molecule has 0 aliphatic carbocycles. The van der Waals surface area contributed by atoms with Crippen LogP contribution in [0.2, 0.25) is 0 Å². The van der Waals surface area contributed by atoms with E-state index in [1.165, 1.54) is 12.1 Å². The quantitative estimate of drug-likeness (QED) is 0.817. The third-order valence-corrected chi connectivity index (χ3v) is 4.65. The SMILES string of the molecule is CC(C)Oc1ccc(-c2ccc(F)cc2)cc1N(CCO)S(C)(=O)=O. The van der Waals surface area contributed by atoms with Gasteiger partial charge in [-0.2, -0.15) is 0 Å². The lowest BCUT2D eigenvalue weighted by Crippen LogP contribution is -2.33. The van der Waals surface area contributed by atoms with Crippen molar-refractivity contribution in [2.24, 2.45) is 0 Å². The van der Waals surface area contributed by atoms with Gasteiger partial charge in [0.2, 0.25) is 10.0 Å². The van der Waals surface area contributed by atoms with Gasteiger partial charge >= 0.3 is 0 Å². The first-order chi connectivity index (χ1) is 11.7. The number of aliphatic hydroxyl groups excluding tert-OH is 1. The highest BCUT2D eigenvalue weighted by Crippen LogP contribution is 2.35. The molecule has 0 saturated carbocycles. The molecule has 0 fully saturated rings. The molecule has 25 heavy (non-hydrogen) atoms. The number of benzene rings is 2. The van der Waals surface area contributed by atoms with Gasteiger partial charge in [0, 0.05) is 0 Å². The molecule has 0 saturated heterocycles. The Balaban J connectivity index is 2.59. The van der Waals surface area contributed by atoms with Crippen LogP contribution >= 0.6 is 0 Å². The highest BCUT2D eigenvalue weighted by molar-refractivity contribution is 7.92. The molecule has 0 unspecified atom stereocenters. The van der Waals surface area contributed by atoms with Crippen LogP contribution in [0.5, 0.6) is 5.75 Å². The minimum absolute atomic E-state index is 0.0832. The number of ether oxygens (including phenoxy) is 1. The zero-order chi connectivity index (χ0) is 18.6. The van der Waals surface area contributed by atoms with Gasteiger partial charge in [-0.15, -0.1) is 0 Å². The molecule has 2 aromatic carbocycles. The van der Waals surface area contributed by atoms with Gasteiger partial charge in [-0.3, -0.25) is 4.31 Å². The Kier molecular flexibility index (Phi) is 6.02. The van der Waals surface area contributed by atoms with E-state index in [4.69, 9.17) is 4.74 Å². The van der Waals surface area contributed by atoms with Gasteiger partial charge in [-0.05, 0) is 49.2 Å². The molecule has 0 amide bonds. The minimum Gasteiger partial charge on any atom is -0.489 e. The summed E-state index contributed by atoms with van der Waals surface area (Å²) in [6.07, 6.45) is 0.929. The molecule has 0 spiro atoms. The Labute approximate surface area is 147 Å². The number of hydrogen-bond donors (Lipinski definition) is 1. The Hall–Kier alpha value is -2.12. The predicted molar refractivity (Wildman–Crippen MR) is 96.9 cm³/mol. The van der Waals surface area contributed by atoms with Gasteiger partial charge < -0.3 is 9.84 Å². The molecule has 0 aliphatic heterocycles. The van der Waals surface area contributed by atoms with Gasteiger partial charge in [0.1, 0.15) is 11.6 Å². The van der Waals surface area contributed by atoms with E-state index in [2.05, 4.69) is 0 Å². The fraction of sp³-hybridized carbons (Fsp3) is 0.333. The summed E-state index contributed by atoms with van der Waals surface area (Å²) in [4.78, 5) is 0. The van der Waals surface area contributed by atoms with Crippen molar-refractivity contribution in [3.63, 3.8) is 0 Å². The molecular weight excluding hydrogens is 345 g/mol. The first-order valence-electron chi connectivity index (χ1n) is 7.87. The third-order valence-electron chi connectivity index (χ3n) is 3.47. The molecule has 2 aromatic rings. The number of sulfonamides is 1. The first kappa shape index (κ1) is 19.2. The van der Waals surface area contributed by atoms with Crippen molar-refractivity contribution >= 4 is 15.7 Å². The van der Waals surface area contributed by atoms with Crippen molar-refractivity contribution in [3.05, 3.63) is 48.3 Å². The molecule has 7 heteroatoms. The van der Waals surface area contributed by atoms with Crippen LogP contribution in [0.3, 0.4) is 0 Å². The maximum Gasteiger partial charge on any atom is 0.232 e.